The van der Waals surface area contributed by atoms with Crippen molar-refractivity contribution in [1.82, 2.24) is 10.6 Å². The molecule has 0 aromatic heterocycles. The zero-order valence-corrected chi connectivity index (χ0v) is 10.6. The number of hydrogen-bond donors (Lipinski definition) is 2. The maximum absolute atomic E-state index is 11.9. The standard InChI is InChI=1S/C13H17ClN2O/c1-9(10-4-6-11(14)7-5-10)16-13(17)12-3-2-8-15-12/h4-7,9,12,15H,2-3,8H2,1H3,(H,16,17)/t9-,12-/m1/s1. The SMILES string of the molecule is C[C@@H](NC(=O)[C@H]1CCCN1)c1ccc(Cl)cc1. The lowest BCUT2D eigenvalue weighted by atomic mass is 10.1. The summed E-state index contributed by atoms with van der Waals surface area (Å²) < 4.78 is 0. The molecule has 2 atom stereocenters. The van der Waals surface area contributed by atoms with Gasteiger partial charge in [0.25, 0.3) is 0 Å². The summed E-state index contributed by atoms with van der Waals surface area (Å²) in [5, 5.41) is 6.91. The van der Waals surface area contributed by atoms with Crippen LogP contribution in [0.15, 0.2) is 24.3 Å². The fraction of sp³-hybridized carbons (Fsp3) is 0.462. The molecule has 2 N–H and O–H groups in total. The monoisotopic (exact) mass is 252 g/mol. The van der Waals surface area contributed by atoms with Gasteiger partial charge >= 0.3 is 0 Å². The Morgan fingerprint density at radius 3 is 2.76 bits per heavy atom. The minimum Gasteiger partial charge on any atom is -0.348 e. The second-order valence-corrected chi connectivity index (χ2v) is 4.87. The largest absolute Gasteiger partial charge is 0.348 e. The number of halogens is 1. The number of hydrogen-bond acceptors (Lipinski definition) is 2. The summed E-state index contributed by atoms with van der Waals surface area (Å²) in [6, 6.07) is 7.55. The maximum Gasteiger partial charge on any atom is 0.237 e. The van der Waals surface area contributed by atoms with Crippen molar-refractivity contribution < 1.29 is 4.79 Å². The minimum atomic E-state index is -0.0234. The van der Waals surface area contributed by atoms with E-state index in [4.69, 9.17) is 11.6 Å². The summed E-state index contributed by atoms with van der Waals surface area (Å²) >= 11 is 5.83. The van der Waals surface area contributed by atoms with Gasteiger partial charge in [-0.3, -0.25) is 4.79 Å². The highest BCUT2D eigenvalue weighted by molar-refractivity contribution is 6.30. The molecule has 0 unspecified atom stereocenters. The molecule has 1 heterocycles. The zero-order valence-electron chi connectivity index (χ0n) is 9.87. The lowest BCUT2D eigenvalue weighted by Crippen LogP contribution is -2.41. The second kappa shape index (κ2) is 5.52. The van der Waals surface area contributed by atoms with Crippen molar-refractivity contribution in [2.24, 2.45) is 0 Å². The Kier molecular flexibility index (Phi) is 4.02. The Labute approximate surface area is 107 Å². The van der Waals surface area contributed by atoms with E-state index in [9.17, 15) is 4.79 Å². The summed E-state index contributed by atoms with van der Waals surface area (Å²) in [7, 11) is 0. The van der Waals surface area contributed by atoms with Crippen molar-refractivity contribution in [3.05, 3.63) is 34.9 Å². The van der Waals surface area contributed by atoms with Crippen LogP contribution >= 0.6 is 11.6 Å². The van der Waals surface area contributed by atoms with Gasteiger partial charge in [-0.25, -0.2) is 0 Å². The Bertz CT molecular complexity index is 385. The summed E-state index contributed by atoms with van der Waals surface area (Å²) in [5.41, 5.74) is 1.07. The van der Waals surface area contributed by atoms with Crippen LogP contribution in [0, 0.1) is 0 Å². The van der Waals surface area contributed by atoms with E-state index in [0.29, 0.717) is 5.02 Å². The van der Waals surface area contributed by atoms with Gasteiger partial charge in [0.15, 0.2) is 0 Å². The first-order valence-electron chi connectivity index (χ1n) is 5.96. The van der Waals surface area contributed by atoms with Crippen LogP contribution in [0.2, 0.25) is 5.02 Å². The summed E-state index contributed by atoms with van der Waals surface area (Å²) in [6.45, 7) is 2.92. The van der Waals surface area contributed by atoms with Crippen LogP contribution in [0.5, 0.6) is 0 Å². The number of carbonyl (C=O) groups excluding carboxylic acids is 1. The van der Waals surface area contributed by atoms with Crippen molar-refractivity contribution in [2.75, 3.05) is 6.54 Å². The Morgan fingerprint density at radius 2 is 2.18 bits per heavy atom. The van der Waals surface area contributed by atoms with E-state index < -0.39 is 0 Å². The van der Waals surface area contributed by atoms with E-state index >= 15 is 0 Å². The van der Waals surface area contributed by atoms with E-state index in [1.54, 1.807) is 0 Å². The second-order valence-electron chi connectivity index (χ2n) is 4.43. The van der Waals surface area contributed by atoms with Gasteiger partial charge in [0, 0.05) is 5.02 Å². The maximum atomic E-state index is 11.9. The Balaban J connectivity index is 1.93. The van der Waals surface area contributed by atoms with Gasteiger partial charge in [-0.05, 0) is 44.0 Å². The molecule has 0 spiro atoms. The van der Waals surface area contributed by atoms with Gasteiger partial charge in [-0.1, -0.05) is 23.7 Å². The minimum absolute atomic E-state index is 0.0159. The quantitative estimate of drug-likeness (QED) is 0.867. The number of benzene rings is 1. The van der Waals surface area contributed by atoms with E-state index in [2.05, 4.69) is 10.6 Å². The molecule has 2 rings (SSSR count). The normalized spacial score (nSPS) is 21.2. The van der Waals surface area contributed by atoms with Gasteiger partial charge in [-0.15, -0.1) is 0 Å². The molecule has 1 aliphatic rings. The highest BCUT2D eigenvalue weighted by Gasteiger charge is 2.23. The molecule has 3 nitrogen and oxygen atoms in total. The van der Waals surface area contributed by atoms with Crippen LogP contribution in [-0.2, 0) is 4.79 Å². The molecular weight excluding hydrogens is 236 g/mol. The summed E-state index contributed by atoms with van der Waals surface area (Å²) in [4.78, 5) is 11.9. The Morgan fingerprint density at radius 1 is 1.47 bits per heavy atom. The van der Waals surface area contributed by atoms with Crippen molar-refractivity contribution in [3.63, 3.8) is 0 Å². The van der Waals surface area contributed by atoms with Gasteiger partial charge < -0.3 is 10.6 Å². The summed E-state index contributed by atoms with van der Waals surface area (Å²) in [5.74, 6) is 0.0879. The molecule has 1 aliphatic heterocycles. The molecule has 0 saturated carbocycles. The average Bonchev–Trinajstić information content (AvgIpc) is 2.83. The average molecular weight is 253 g/mol. The lowest BCUT2D eigenvalue weighted by molar-refractivity contribution is -0.123. The Hall–Kier alpha value is -1.06. The molecule has 1 fully saturated rings. The van der Waals surface area contributed by atoms with E-state index in [0.717, 1.165) is 24.9 Å². The number of amides is 1. The van der Waals surface area contributed by atoms with Crippen LogP contribution < -0.4 is 10.6 Å². The van der Waals surface area contributed by atoms with Crippen LogP contribution in [0.1, 0.15) is 31.4 Å². The number of rotatable bonds is 3. The van der Waals surface area contributed by atoms with Crippen LogP contribution in [0.25, 0.3) is 0 Å². The highest BCUT2D eigenvalue weighted by atomic mass is 35.5. The van der Waals surface area contributed by atoms with E-state index in [-0.39, 0.29) is 18.0 Å². The van der Waals surface area contributed by atoms with Crippen molar-refractivity contribution in [1.29, 1.82) is 0 Å². The van der Waals surface area contributed by atoms with Crippen molar-refractivity contribution >= 4 is 17.5 Å². The topological polar surface area (TPSA) is 41.1 Å². The lowest BCUT2D eigenvalue weighted by Gasteiger charge is -2.17. The zero-order chi connectivity index (χ0) is 12.3. The fourth-order valence-corrected chi connectivity index (χ4v) is 2.18. The highest BCUT2D eigenvalue weighted by Crippen LogP contribution is 2.16. The molecule has 0 aliphatic carbocycles. The number of nitrogens with one attached hydrogen (secondary N) is 2. The van der Waals surface area contributed by atoms with Crippen LogP contribution in [0.3, 0.4) is 0 Å². The summed E-state index contributed by atoms with van der Waals surface area (Å²) in [6.07, 6.45) is 2.01. The van der Waals surface area contributed by atoms with Crippen molar-refractivity contribution in [3.8, 4) is 0 Å². The van der Waals surface area contributed by atoms with E-state index in [1.807, 2.05) is 31.2 Å². The van der Waals surface area contributed by atoms with Gasteiger partial charge in [0.05, 0.1) is 12.1 Å². The van der Waals surface area contributed by atoms with Crippen molar-refractivity contribution in [2.45, 2.75) is 31.8 Å². The van der Waals surface area contributed by atoms with Gasteiger partial charge in [-0.2, -0.15) is 0 Å². The first-order chi connectivity index (χ1) is 8.16. The molecule has 92 valence electrons. The van der Waals surface area contributed by atoms with Crippen LogP contribution in [0.4, 0.5) is 0 Å². The fourth-order valence-electron chi connectivity index (χ4n) is 2.06. The first kappa shape index (κ1) is 12.4. The molecule has 1 aromatic carbocycles. The third-order valence-electron chi connectivity index (χ3n) is 3.11. The smallest absolute Gasteiger partial charge is 0.237 e. The predicted molar refractivity (Wildman–Crippen MR) is 69.0 cm³/mol. The molecule has 0 radical (unpaired) electrons. The third-order valence-corrected chi connectivity index (χ3v) is 3.36. The molecule has 1 amide bonds. The molecule has 1 saturated heterocycles. The number of carbonyl (C=O) groups is 1. The predicted octanol–water partition coefficient (Wildman–Crippen LogP) is 2.27. The molecular formula is C13H17ClN2O. The third kappa shape index (κ3) is 3.20. The molecule has 17 heavy (non-hydrogen) atoms. The van der Waals surface area contributed by atoms with E-state index in [1.165, 1.54) is 0 Å². The molecule has 0 bridgehead atoms. The first-order valence-corrected chi connectivity index (χ1v) is 6.34. The van der Waals surface area contributed by atoms with Crippen LogP contribution in [-0.4, -0.2) is 18.5 Å². The van der Waals surface area contributed by atoms with Gasteiger partial charge in [0.2, 0.25) is 5.91 Å². The molecule has 4 heteroatoms. The van der Waals surface area contributed by atoms with Gasteiger partial charge in [0.1, 0.15) is 0 Å². The molecule has 1 aromatic rings.